The van der Waals surface area contributed by atoms with Gasteiger partial charge >= 0.3 is 0 Å². The predicted octanol–water partition coefficient (Wildman–Crippen LogP) is 1.98. The molecule has 5 nitrogen and oxygen atoms in total. The highest BCUT2D eigenvalue weighted by Gasteiger charge is 2.05. The van der Waals surface area contributed by atoms with Crippen LogP contribution in [-0.4, -0.2) is 23.3 Å². The zero-order valence-corrected chi connectivity index (χ0v) is 11.7. The highest BCUT2D eigenvalue weighted by Crippen LogP contribution is 2.13. The first-order chi connectivity index (χ1) is 10.1. The number of aromatic nitrogens is 1. The van der Waals surface area contributed by atoms with Gasteiger partial charge in [-0.05, 0) is 30.7 Å². The second kappa shape index (κ2) is 7.19. The number of nitrogens with zero attached hydrogens (tertiary/aromatic N) is 1. The molecule has 2 aromatic rings. The lowest BCUT2D eigenvalue weighted by atomic mass is 10.1. The van der Waals surface area contributed by atoms with Gasteiger partial charge in [0.2, 0.25) is 0 Å². The lowest BCUT2D eigenvalue weighted by molar-refractivity contribution is -0.123. The average Bonchev–Trinajstić information content (AvgIpc) is 2.52. The Morgan fingerprint density at radius 2 is 2.10 bits per heavy atom. The third-order valence-electron chi connectivity index (χ3n) is 2.82. The van der Waals surface area contributed by atoms with Crippen molar-refractivity contribution in [1.29, 1.82) is 0 Å². The van der Waals surface area contributed by atoms with E-state index in [-0.39, 0.29) is 18.3 Å². The monoisotopic (exact) mass is 284 g/mol. The summed E-state index contributed by atoms with van der Waals surface area (Å²) >= 11 is 0. The van der Waals surface area contributed by atoms with Crippen LogP contribution in [0.5, 0.6) is 5.75 Å². The minimum absolute atomic E-state index is 0.0403. The van der Waals surface area contributed by atoms with Crippen LogP contribution in [0.4, 0.5) is 0 Å². The molecule has 0 atom stereocenters. The number of carbonyl (C=O) groups excluding carboxylic acids is 2. The molecule has 1 amide bonds. The van der Waals surface area contributed by atoms with Gasteiger partial charge in [0, 0.05) is 24.5 Å². The van der Waals surface area contributed by atoms with Crippen molar-refractivity contribution in [3.63, 3.8) is 0 Å². The average molecular weight is 284 g/mol. The lowest BCUT2D eigenvalue weighted by Gasteiger charge is -2.08. The fourth-order valence-corrected chi connectivity index (χ4v) is 1.71. The molecule has 2 rings (SSSR count). The number of hydrogen-bond donors (Lipinski definition) is 1. The van der Waals surface area contributed by atoms with Crippen molar-refractivity contribution in [3.8, 4) is 5.75 Å². The SMILES string of the molecule is CC(=O)c1cccc(OCC(=O)NCc2cccnc2)c1. The van der Waals surface area contributed by atoms with Crippen molar-refractivity contribution >= 4 is 11.7 Å². The van der Waals surface area contributed by atoms with E-state index in [1.54, 1.807) is 36.7 Å². The smallest absolute Gasteiger partial charge is 0.258 e. The number of carbonyl (C=O) groups is 2. The molecule has 0 spiro atoms. The lowest BCUT2D eigenvalue weighted by Crippen LogP contribution is -2.28. The van der Waals surface area contributed by atoms with Gasteiger partial charge in [0.1, 0.15) is 5.75 Å². The van der Waals surface area contributed by atoms with Crippen molar-refractivity contribution in [2.75, 3.05) is 6.61 Å². The number of benzene rings is 1. The Balaban J connectivity index is 1.81. The van der Waals surface area contributed by atoms with Crippen molar-refractivity contribution in [2.24, 2.45) is 0 Å². The summed E-state index contributed by atoms with van der Waals surface area (Å²) in [5.74, 6) is 0.229. The Morgan fingerprint density at radius 1 is 1.24 bits per heavy atom. The van der Waals surface area contributed by atoms with Gasteiger partial charge in [0.05, 0.1) is 0 Å². The number of pyridine rings is 1. The number of nitrogens with one attached hydrogen (secondary N) is 1. The molecular formula is C16H16N2O3. The first-order valence-corrected chi connectivity index (χ1v) is 6.54. The summed E-state index contributed by atoms with van der Waals surface area (Å²) in [6, 6.07) is 10.4. The van der Waals surface area contributed by atoms with E-state index in [1.165, 1.54) is 6.92 Å². The standard InChI is InChI=1S/C16H16N2O3/c1-12(19)14-5-2-6-15(8-14)21-11-16(20)18-10-13-4-3-7-17-9-13/h2-9H,10-11H2,1H3,(H,18,20). The van der Waals surface area contributed by atoms with Gasteiger partial charge in [0.25, 0.3) is 5.91 Å². The summed E-state index contributed by atoms with van der Waals surface area (Å²) in [7, 11) is 0. The molecule has 0 radical (unpaired) electrons. The molecule has 0 aliphatic carbocycles. The largest absolute Gasteiger partial charge is 0.484 e. The second-order valence-electron chi connectivity index (χ2n) is 4.51. The van der Waals surface area contributed by atoms with Crippen LogP contribution in [-0.2, 0) is 11.3 Å². The molecule has 1 aromatic carbocycles. The predicted molar refractivity (Wildman–Crippen MR) is 78.0 cm³/mol. The van der Waals surface area contributed by atoms with Crippen molar-refractivity contribution < 1.29 is 14.3 Å². The molecule has 108 valence electrons. The van der Waals surface area contributed by atoms with Crippen molar-refractivity contribution in [2.45, 2.75) is 13.5 Å². The Hall–Kier alpha value is -2.69. The number of ether oxygens (including phenoxy) is 1. The van der Waals surface area contributed by atoms with Gasteiger partial charge in [-0.15, -0.1) is 0 Å². The minimum Gasteiger partial charge on any atom is -0.484 e. The van der Waals surface area contributed by atoms with E-state index in [9.17, 15) is 9.59 Å². The van der Waals surface area contributed by atoms with E-state index in [2.05, 4.69) is 10.3 Å². The van der Waals surface area contributed by atoms with E-state index >= 15 is 0 Å². The fraction of sp³-hybridized carbons (Fsp3) is 0.188. The maximum absolute atomic E-state index is 11.7. The van der Waals surface area contributed by atoms with E-state index in [4.69, 9.17) is 4.74 Å². The van der Waals surface area contributed by atoms with Crippen LogP contribution in [0.15, 0.2) is 48.8 Å². The van der Waals surface area contributed by atoms with E-state index in [0.717, 1.165) is 5.56 Å². The summed E-state index contributed by atoms with van der Waals surface area (Å²) in [5, 5.41) is 2.74. The summed E-state index contributed by atoms with van der Waals surface area (Å²) in [5.41, 5.74) is 1.48. The first-order valence-electron chi connectivity index (χ1n) is 6.54. The third-order valence-corrected chi connectivity index (χ3v) is 2.82. The van der Waals surface area contributed by atoms with Gasteiger partial charge in [0.15, 0.2) is 12.4 Å². The Morgan fingerprint density at radius 3 is 2.81 bits per heavy atom. The Labute approximate surface area is 123 Å². The maximum atomic E-state index is 11.7. The van der Waals surface area contributed by atoms with Crippen LogP contribution < -0.4 is 10.1 Å². The van der Waals surface area contributed by atoms with E-state index < -0.39 is 0 Å². The zero-order chi connectivity index (χ0) is 15.1. The molecule has 1 heterocycles. The molecule has 0 fully saturated rings. The van der Waals surface area contributed by atoms with Crippen molar-refractivity contribution in [1.82, 2.24) is 10.3 Å². The molecule has 0 aliphatic rings. The maximum Gasteiger partial charge on any atom is 0.258 e. The second-order valence-corrected chi connectivity index (χ2v) is 4.51. The molecule has 0 saturated carbocycles. The van der Waals surface area contributed by atoms with Gasteiger partial charge in [-0.1, -0.05) is 18.2 Å². The Kier molecular flexibility index (Phi) is 5.04. The minimum atomic E-state index is -0.230. The summed E-state index contributed by atoms with van der Waals surface area (Å²) < 4.78 is 5.37. The molecule has 0 saturated heterocycles. The van der Waals surface area contributed by atoms with Crippen LogP contribution in [0.2, 0.25) is 0 Å². The molecule has 0 unspecified atom stereocenters. The van der Waals surface area contributed by atoms with Crippen LogP contribution in [0.3, 0.4) is 0 Å². The highest BCUT2D eigenvalue weighted by atomic mass is 16.5. The number of amides is 1. The van der Waals surface area contributed by atoms with Crippen LogP contribution in [0.1, 0.15) is 22.8 Å². The van der Waals surface area contributed by atoms with Gasteiger partial charge in [-0.3, -0.25) is 14.6 Å². The highest BCUT2D eigenvalue weighted by molar-refractivity contribution is 5.94. The van der Waals surface area contributed by atoms with Gasteiger partial charge in [-0.2, -0.15) is 0 Å². The zero-order valence-electron chi connectivity index (χ0n) is 11.7. The summed E-state index contributed by atoms with van der Waals surface area (Å²) in [4.78, 5) is 26.9. The normalized spacial score (nSPS) is 9.95. The number of rotatable bonds is 6. The number of ketones is 1. The number of Topliss-reactive ketones (excluding diaryl/α,β-unsaturated/α-hetero) is 1. The first kappa shape index (κ1) is 14.7. The van der Waals surface area contributed by atoms with Gasteiger partial charge < -0.3 is 10.1 Å². The van der Waals surface area contributed by atoms with Crippen LogP contribution in [0.25, 0.3) is 0 Å². The summed E-state index contributed by atoms with van der Waals surface area (Å²) in [6.07, 6.45) is 3.37. The molecular weight excluding hydrogens is 268 g/mol. The summed E-state index contributed by atoms with van der Waals surface area (Å²) in [6.45, 7) is 1.80. The van der Waals surface area contributed by atoms with E-state index in [1.807, 2.05) is 12.1 Å². The Bertz CT molecular complexity index is 626. The number of hydrogen-bond acceptors (Lipinski definition) is 4. The fourth-order valence-electron chi connectivity index (χ4n) is 1.71. The molecule has 0 bridgehead atoms. The van der Waals surface area contributed by atoms with Crippen molar-refractivity contribution in [3.05, 3.63) is 59.9 Å². The van der Waals surface area contributed by atoms with E-state index in [0.29, 0.717) is 17.9 Å². The topological polar surface area (TPSA) is 68.3 Å². The third kappa shape index (κ3) is 4.72. The molecule has 1 aromatic heterocycles. The molecule has 5 heteroatoms. The van der Waals surface area contributed by atoms with Crippen LogP contribution in [0, 0.1) is 0 Å². The van der Waals surface area contributed by atoms with Crippen LogP contribution >= 0.6 is 0 Å². The molecule has 0 aliphatic heterocycles. The molecule has 1 N–H and O–H groups in total. The quantitative estimate of drug-likeness (QED) is 0.824. The van der Waals surface area contributed by atoms with Gasteiger partial charge in [-0.25, -0.2) is 0 Å². The molecule has 21 heavy (non-hydrogen) atoms.